The van der Waals surface area contributed by atoms with E-state index in [1.165, 1.54) is 23.1 Å². The first-order chi connectivity index (χ1) is 15.7. The monoisotopic (exact) mass is 457 g/mol. The Bertz CT molecular complexity index is 1360. The van der Waals surface area contributed by atoms with Gasteiger partial charge in [0.1, 0.15) is 0 Å². The number of carbonyl (C=O) groups excluding carboxylic acids is 1. The second kappa shape index (κ2) is 8.94. The van der Waals surface area contributed by atoms with Crippen LogP contribution in [0.2, 0.25) is 0 Å². The summed E-state index contributed by atoms with van der Waals surface area (Å²) >= 11 is 2.81. The lowest BCUT2D eigenvalue weighted by molar-refractivity contribution is -0.113. The molecule has 2 heterocycles. The lowest BCUT2D eigenvalue weighted by Crippen LogP contribution is -2.14. The predicted octanol–water partition coefficient (Wildman–Crippen LogP) is 5.58. The van der Waals surface area contributed by atoms with E-state index in [1.54, 1.807) is 0 Å². The van der Waals surface area contributed by atoms with Crippen LogP contribution in [-0.2, 0) is 4.79 Å². The molecule has 0 aliphatic heterocycles. The number of rotatable bonds is 6. The maximum atomic E-state index is 12.6. The Hall–Kier alpha value is -3.49. The van der Waals surface area contributed by atoms with Gasteiger partial charge in [0, 0.05) is 11.3 Å². The summed E-state index contributed by atoms with van der Waals surface area (Å²) in [6.45, 7) is 2.05. The molecule has 0 saturated heterocycles. The third-order valence-electron chi connectivity index (χ3n) is 4.80. The van der Waals surface area contributed by atoms with E-state index in [0.29, 0.717) is 10.3 Å². The molecule has 158 valence electrons. The quantitative estimate of drug-likeness (QED) is 0.337. The Morgan fingerprint density at radius 1 is 1.00 bits per heavy atom. The van der Waals surface area contributed by atoms with E-state index in [2.05, 4.69) is 39.6 Å². The number of aromatic nitrogens is 4. The molecule has 6 nitrogen and oxygen atoms in total. The van der Waals surface area contributed by atoms with Gasteiger partial charge in [0.05, 0.1) is 16.0 Å². The zero-order valence-corrected chi connectivity index (χ0v) is 18.9. The molecule has 0 bridgehead atoms. The van der Waals surface area contributed by atoms with Crippen molar-refractivity contribution < 1.29 is 4.79 Å². The highest BCUT2D eigenvalue weighted by Crippen LogP contribution is 2.29. The molecule has 0 spiro atoms. The molecule has 8 heteroatoms. The lowest BCUT2D eigenvalue weighted by atomic mass is 10.1. The van der Waals surface area contributed by atoms with Gasteiger partial charge in [-0.2, -0.15) is 0 Å². The van der Waals surface area contributed by atoms with E-state index in [-0.39, 0.29) is 11.7 Å². The van der Waals surface area contributed by atoms with Gasteiger partial charge in [0.25, 0.3) is 0 Å². The molecule has 5 rings (SSSR count). The highest BCUT2D eigenvalue weighted by Gasteiger charge is 2.18. The van der Waals surface area contributed by atoms with Crippen molar-refractivity contribution >= 4 is 44.4 Å². The van der Waals surface area contributed by atoms with Gasteiger partial charge in [0.15, 0.2) is 16.1 Å². The highest BCUT2D eigenvalue weighted by atomic mass is 32.2. The summed E-state index contributed by atoms with van der Waals surface area (Å²) in [5, 5.41) is 13.0. The molecule has 0 aliphatic rings. The van der Waals surface area contributed by atoms with Crippen molar-refractivity contribution in [2.45, 2.75) is 12.1 Å². The number of thiazole rings is 1. The Morgan fingerprint density at radius 3 is 2.62 bits per heavy atom. The van der Waals surface area contributed by atoms with Crippen molar-refractivity contribution in [1.29, 1.82) is 0 Å². The topological polar surface area (TPSA) is 72.7 Å². The molecule has 3 aromatic carbocycles. The summed E-state index contributed by atoms with van der Waals surface area (Å²) in [5.41, 5.74) is 3.96. The summed E-state index contributed by atoms with van der Waals surface area (Å²) in [4.78, 5) is 17.1. The van der Waals surface area contributed by atoms with Crippen LogP contribution in [0.4, 0.5) is 5.13 Å². The third kappa shape index (κ3) is 4.28. The number of anilines is 1. The molecular formula is C24H19N5OS2. The number of nitrogens with one attached hydrogen (secondary N) is 1. The van der Waals surface area contributed by atoms with Gasteiger partial charge < -0.3 is 5.32 Å². The minimum Gasteiger partial charge on any atom is -0.301 e. The number of para-hydroxylation sites is 2. The lowest BCUT2D eigenvalue weighted by Gasteiger charge is -2.10. The van der Waals surface area contributed by atoms with E-state index < -0.39 is 0 Å². The van der Waals surface area contributed by atoms with E-state index in [9.17, 15) is 4.79 Å². The zero-order valence-electron chi connectivity index (χ0n) is 17.2. The summed E-state index contributed by atoms with van der Waals surface area (Å²) < 4.78 is 3.03. The van der Waals surface area contributed by atoms with Gasteiger partial charge >= 0.3 is 0 Å². The number of hydrogen-bond donors (Lipinski definition) is 1. The maximum absolute atomic E-state index is 12.6. The summed E-state index contributed by atoms with van der Waals surface area (Å²) in [5.74, 6) is 0.817. The molecule has 0 saturated carbocycles. The average molecular weight is 458 g/mol. The van der Waals surface area contributed by atoms with Crippen molar-refractivity contribution in [1.82, 2.24) is 19.7 Å². The van der Waals surface area contributed by atoms with Crippen molar-refractivity contribution in [2.24, 2.45) is 0 Å². The van der Waals surface area contributed by atoms with E-state index in [4.69, 9.17) is 0 Å². The number of hydrogen-bond acceptors (Lipinski definition) is 6. The molecule has 0 unspecified atom stereocenters. The van der Waals surface area contributed by atoms with Crippen LogP contribution in [0.15, 0.2) is 84.0 Å². The summed E-state index contributed by atoms with van der Waals surface area (Å²) in [6.07, 6.45) is 0. The molecule has 1 N–H and O–H groups in total. The van der Waals surface area contributed by atoms with Crippen LogP contribution in [-0.4, -0.2) is 31.4 Å². The third-order valence-corrected chi connectivity index (χ3v) is 6.68. The minimum atomic E-state index is -0.131. The number of amides is 1. The first kappa shape index (κ1) is 20.4. The molecule has 0 fully saturated rings. The molecule has 1 amide bonds. The van der Waals surface area contributed by atoms with E-state index >= 15 is 0 Å². The van der Waals surface area contributed by atoms with Crippen LogP contribution in [0.5, 0.6) is 0 Å². The van der Waals surface area contributed by atoms with Gasteiger partial charge in [-0.15, -0.1) is 10.2 Å². The fourth-order valence-electron chi connectivity index (χ4n) is 3.36. The Kier molecular flexibility index (Phi) is 5.70. The molecular weight excluding hydrogens is 438 g/mol. The van der Waals surface area contributed by atoms with E-state index in [0.717, 1.165) is 32.9 Å². The van der Waals surface area contributed by atoms with Crippen molar-refractivity contribution in [2.75, 3.05) is 11.1 Å². The van der Waals surface area contributed by atoms with Gasteiger partial charge in [-0.3, -0.25) is 9.36 Å². The Morgan fingerprint density at radius 2 is 1.81 bits per heavy atom. The van der Waals surface area contributed by atoms with Crippen LogP contribution in [0.25, 0.3) is 27.3 Å². The van der Waals surface area contributed by atoms with Crippen LogP contribution in [0.1, 0.15) is 5.56 Å². The van der Waals surface area contributed by atoms with Crippen molar-refractivity contribution in [3.05, 3.63) is 84.4 Å². The number of nitrogens with zero attached hydrogens (tertiary/aromatic N) is 4. The number of benzene rings is 3. The van der Waals surface area contributed by atoms with Gasteiger partial charge in [-0.25, -0.2) is 4.98 Å². The van der Waals surface area contributed by atoms with Gasteiger partial charge in [-0.1, -0.05) is 77.2 Å². The normalized spacial score (nSPS) is 11.0. The largest absolute Gasteiger partial charge is 0.301 e. The Balaban J connectivity index is 1.39. The summed E-state index contributed by atoms with van der Waals surface area (Å²) in [6, 6.07) is 25.9. The first-order valence-electron chi connectivity index (χ1n) is 10.0. The van der Waals surface area contributed by atoms with Crippen LogP contribution < -0.4 is 5.32 Å². The SMILES string of the molecule is Cc1cccc(-c2nnc(SCC(=O)Nc3nc4ccccc4s3)n2-c2ccccc2)c1. The summed E-state index contributed by atoms with van der Waals surface area (Å²) in [7, 11) is 0. The van der Waals surface area contributed by atoms with Crippen LogP contribution >= 0.6 is 23.1 Å². The molecule has 0 radical (unpaired) electrons. The van der Waals surface area contributed by atoms with Crippen LogP contribution in [0, 0.1) is 6.92 Å². The molecule has 2 aromatic heterocycles. The maximum Gasteiger partial charge on any atom is 0.236 e. The second-order valence-corrected chi connectivity index (χ2v) is 9.14. The first-order valence-corrected chi connectivity index (χ1v) is 11.8. The fourth-order valence-corrected chi connectivity index (χ4v) is 4.99. The fraction of sp³-hybridized carbons (Fsp3) is 0.0833. The predicted molar refractivity (Wildman–Crippen MR) is 131 cm³/mol. The van der Waals surface area contributed by atoms with E-state index in [1.807, 2.05) is 71.3 Å². The van der Waals surface area contributed by atoms with Crippen LogP contribution in [0.3, 0.4) is 0 Å². The zero-order chi connectivity index (χ0) is 21.9. The van der Waals surface area contributed by atoms with Crippen molar-refractivity contribution in [3.8, 4) is 17.1 Å². The molecule has 0 aliphatic carbocycles. The number of fused-ring (bicyclic) bond motifs is 1. The van der Waals surface area contributed by atoms with Gasteiger partial charge in [-0.05, 0) is 37.3 Å². The highest BCUT2D eigenvalue weighted by molar-refractivity contribution is 7.99. The standard InChI is InChI=1S/C24H19N5OS2/c1-16-8-7-9-17(14-16)22-27-28-24(29(22)18-10-3-2-4-11-18)31-15-21(30)26-23-25-19-12-5-6-13-20(19)32-23/h2-14H,15H2,1H3,(H,25,26,30). The minimum absolute atomic E-state index is 0.131. The number of carbonyl (C=O) groups is 1. The van der Waals surface area contributed by atoms with Gasteiger partial charge in [0.2, 0.25) is 5.91 Å². The molecule has 5 aromatic rings. The molecule has 32 heavy (non-hydrogen) atoms. The number of thioether (sulfide) groups is 1. The average Bonchev–Trinajstić information content (AvgIpc) is 3.42. The van der Waals surface area contributed by atoms with Crippen molar-refractivity contribution in [3.63, 3.8) is 0 Å². The smallest absolute Gasteiger partial charge is 0.236 e. The number of aryl methyl sites for hydroxylation is 1. The second-order valence-electron chi connectivity index (χ2n) is 7.17. The molecule has 0 atom stereocenters. The Labute approximate surface area is 193 Å².